The predicted octanol–water partition coefficient (Wildman–Crippen LogP) is 0.842. The number of nitriles is 1. The highest BCUT2D eigenvalue weighted by atomic mass is 15.3. The van der Waals surface area contributed by atoms with E-state index in [1.165, 1.54) is 6.20 Å². The summed E-state index contributed by atoms with van der Waals surface area (Å²) in [7, 11) is 0. The maximum atomic E-state index is 8.61. The molecule has 68 valence electrons. The van der Waals surface area contributed by atoms with Gasteiger partial charge in [-0.25, -0.2) is 9.67 Å². The van der Waals surface area contributed by atoms with Crippen LogP contribution in [0, 0.1) is 18.3 Å². The summed E-state index contributed by atoms with van der Waals surface area (Å²) in [6, 6.07) is 3.58. The van der Waals surface area contributed by atoms with E-state index < -0.39 is 0 Å². The molecule has 0 fully saturated rings. The van der Waals surface area contributed by atoms with Crippen LogP contribution >= 0.6 is 0 Å². The van der Waals surface area contributed by atoms with Crippen molar-refractivity contribution in [3.63, 3.8) is 0 Å². The molecule has 0 aliphatic heterocycles. The molecule has 0 bridgehead atoms. The Labute approximate surface area is 80.7 Å². The highest BCUT2D eigenvalue weighted by Gasteiger charge is 2.01. The van der Waals surface area contributed by atoms with E-state index >= 15 is 0 Å². The standard InChI is InChI=1S/C9H7N5/c1-7-5-12-14(6-7)9-2-3-11-8(4-10)13-9/h2-3,5-6H,1H3. The Bertz CT molecular complexity index is 494. The number of hydrogen-bond donors (Lipinski definition) is 0. The summed E-state index contributed by atoms with van der Waals surface area (Å²) in [4.78, 5) is 7.78. The van der Waals surface area contributed by atoms with Gasteiger partial charge in [0.1, 0.15) is 6.07 Å². The molecule has 2 aromatic heterocycles. The first kappa shape index (κ1) is 8.38. The molecule has 2 aromatic rings. The normalized spacial score (nSPS) is 9.71. The zero-order valence-corrected chi connectivity index (χ0v) is 7.55. The largest absolute Gasteiger partial charge is 0.234 e. The molecule has 5 heteroatoms. The number of aryl methyl sites for hydroxylation is 1. The molecule has 0 saturated heterocycles. The lowest BCUT2D eigenvalue weighted by Crippen LogP contribution is -2.00. The summed E-state index contributed by atoms with van der Waals surface area (Å²) in [6.07, 6.45) is 5.11. The van der Waals surface area contributed by atoms with Crippen molar-refractivity contribution in [2.75, 3.05) is 0 Å². The van der Waals surface area contributed by atoms with E-state index in [4.69, 9.17) is 5.26 Å². The van der Waals surface area contributed by atoms with Gasteiger partial charge in [-0.3, -0.25) is 0 Å². The Morgan fingerprint density at radius 1 is 1.50 bits per heavy atom. The second-order valence-corrected chi connectivity index (χ2v) is 2.81. The van der Waals surface area contributed by atoms with E-state index in [1.807, 2.05) is 19.2 Å². The quantitative estimate of drug-likeness (QED) is 0.660. The first-order chi connectivity index (χ1) is 6.79. The van der Waals surface area contributed by atoms with E-state index in [0.29, 0.717) is 5.82 Å². The van der Waals surface area contributed by atoms with Crippen molar-refractivity contribution < 1.29 is 0 Å². The van der Waals surface area contributed by atoms with Crippen LogP contribution in [0.2, 0.25) is 0 Å². The first-order valence-corrected chi connectivity index (χ1v) is 4.04. The van der Waals surface area contributed by atoms with Gasteiger partial charge in [0, 0.05) is 18.5 Å². The van der Waals surface area contributed by atoms with Crippen molar-refractivity contribution in [2.45, 2.75) is 6.92 Å². The minimum absolute atomic E-state index is 0.149. The van der Waals surface area contributed by atoms with Crippen LogP contribution in [0.15, 0.2) is 24.7 Å². The fourth-order valence-corrected chi connectivity index (χ4v) is 1.07. The summed E-state index contributed by atoms with van der Waals surface area (Å²) in [5, 5.41) is 12.7. The molecule has 0 aromatic carbocycles. The Kier molecular flexibility index (Phi) is 1.95. The van der Waals surface area contributed by atoms with Crippen LogP contribution < -0.4 is 0 Å². The summed E-state index contributed by atoms with van der Waals surface area (Å²) in [6.45, 7) is 1.94. The molecule has 0 unspecified atom stereocenters. The lowest BCUT2D eigenvalue weighted by atomic mass is 10.4. The van der Waals surface area contributed by atoms with Gasteiger partial charge < -0.3 is 0 Å². The zero-order valence-electron chi connectivity index (χ0n) is 7.55. The molecule has 0 radical (unpaired) electrons. The third-order valence-electron chi connectivity index (χ3n) is 1.69. The maximum absolute atomic E-state index is 8.61. The fourth-order valence-electron chi connectivity index (χ4n) is 1.07. The molecule has 0 spiro atoms. The monoisotopic (exact) mass is 185 g/mol. The van der Waals surface area contributed by atoms with Gasteiger partial charge in [-0.1, -0.05) is 0 Å². The van der Waals surface area contributed by atoms with Crippen molar-refractivity contribution >= 4 is 0 Å². The van der Waals surface area contributed by atoms with Gasteiger partial charge in [0.05, 0.1) is 6.20 Å². The smallest absolute Gasteiger partial charge is 0.227 e. The Morgan fingerprint density at radius 3 is 3.00 bits per heavy atom. The first-order valence-electron chi connectivity index (χ1n) is 4.04. The highest BCUT2D eigenvalue weighted by molar-refractivity contribution is 5.24. The molecule has 0 saturated carbocycles. The van der Waals surface area contributed by atoms with Gasteiger partial charge >= 0.3 is 0 Å². The third-order valence-corrected chi connectivity index (χ3v) is 1.69. The third kappa shape index (κ3) is 1.45. The molecular weight excluding hydrogens is 178 g/mol. The number of nitrogens with zero attached hydrogens (tertiary/aromatic N) is 5. The van der Waals surface area contributed by atoms with Crippen LogP contribution in [0.4, 0.5) is 0 Å². The van der Waals surface area contributed by atoms with Crippen LogP contribution in [-0.4, -0.2) is 19.7 Å². The summed E-state index contributed by atoms with van der Waals surface area (Å²) in [5.74, 6) is 0.750. The number of hydrogen-bond acceptors (Lipinski definition) is 4. The second-order valence-electron chi connectivity index (χ2n) is 2.81. The van der Waals surface area contributed by atoms with Crippen molar-refractivity contribution in [3.05, 3.63) is 36.0 Å². The van der Waals surface area contributed by atoms with Gasteiger partial charge in [0.15, 0.2) is 5.82 Å². The fraction of sp³-hybridized carbons (Fsp3) is 0.111. The Balaban J connectivity index is 2.47. The van der Waals surface area contributed by atoms with Crippen LogP contribution in [0.25, 0.3) is 5.82 Å². The number of rotatable bonds is 1. The van der Waals surface area contributed by atoms with E-state index in [2.05, 4.69) is 15.1 Å². The van der Waals surface area contributed by atoms with Crippen molar-refractivity contribution in [1.82, 2.24) is 19.7 Å². The predicted molar refractivity (Wildman–Crippen MR) is 48.6 cm³/mol. The lowest BCUT2D eigenvalue weighted by Gasteiger charge is -1.98. The van der Waals surface area contributed by atoms with Crippen LogP contribution in [0.1, 0.15) is 11.4 Å². The van der Waals surface area contributed by atoms with Crippen molar-refractivity contribution in [1.29, 1.82) is 5.26 Å². The van der Waals surface area contributed by atoms with Crippen LogP contribution in [0.5, 0.6) is 0 Å². The number of aromatic nitrogens is 4. The Morgan fingerprint density at radius 2 is 2.36 bits per heavy atom. The summed E-state index contributed by atoms with van der Waals surface area (Å²) in [5.41, 5.74) is 1.04. The topological polar surface area (TPSA) is 67.4 Å². The molecule has 0 N–H and O–H groups in total. The molecule has 0 atom stereocenters. The molecular formula is C9H7N5. The van der Waals surface area contributed by atoms with Gasteiger partial charge in [0.2, 0.25) is 5.82 Å². The van der Waals surface area contributed by atoms with Gasteiger partial charge in [-0.15, -0.1) is 0 Å². The van der Waals surface area contributed by atoms with E-state index in [0.717, 1.165) is 5.56 Å². The van der Waals surface area contributed by atoms with Gasteiger partial charge in [-0.2, -0.15) is 15.3 Å². The van der Waals surface area contributed by atoms with Crippen molar-refractivity contribution in [2.24, 2.45) is 0 Å². The molecule has 14 heavy (non-hydrogen) atoms. The molecule has 0 aliphatic rings. The summed E-state index contributed by atoms with van der Waals surface area (Å²) < 4.78 is 1.61. The summed E-state index contributed by atoms with van der Waals surface area (Å²) >= 11 is 0. The minimum Gasteiger partial charge on any atom is -0.227 e. The van der Waals surface area contributed by atoms with Crippen LogP contribution in [-0.2, 0) is 0 Å². The van der Waals surface area contributed by atoms with E-state index in [1.54, 1.807) is 16.9 Å². The second kappa shape index (κ2) is 3.26. The SMILES string of the molecule is Cc1cnn(-c2ccnc(C#N)n2)c1. The molecule has 0 aliphatic carbocycles. The zero-order chi connectivity index (χ0) is 9.97. The lowest BCUT2D eigenvalue weighted by molar-refractivity contribution is 0.835. The van der Waals surface area contributed by atoms with Gasteiger partial charge in [0.25, 0.3) is 0 Å². The van der Waals surface area contributed by atoms with Crippen LogP contribution in [0.3, 0.4) is 0 Å². The van der Waals surface area contributed by atoms with Crippen molar-refractivity contribution in [3.8, 4) is 11.9 Å². The highest BCUT2D eigenvalue weighted by Crippen LogP contribution is 2.03. The molecule has 2 rings (SSSR count). The molecule has 0 amide bonds. The molecule has 2 heterocycles. The molecule has 5 nitrogen and oxygen atoms in total. The average molecular weight is 185 g/mol. The maximum Gasteiger partial charge on any atom is 0.234 e. The minimum atomic E-state index is 0.149. The van der Waals surface area contributed by atoms with E-state index in [-0.39, 0.29) is 5.82 Å². The Hall–Kier alpha value is -2.22. The van der Waals surface area contributed by atoms with Gasteiger partial charge in [-0.05, 0) is 12.5 Å². The van der Waals surface area contributed by atoms with E-state index in [9.17, 15) is 0 Å². The average Bonchev–Trinajstić information content (AvgIpc) is 2.65.